The summed E-state index contributed by atoms with van der Waals surface area (Å²) in [5, 5.41) is 3.32. The molecule has 0 radical (unpaired) electrons. The van der Waals surface area contributed by atoms with E-state index in [4.69, 9.17) is 4.74 Å². The average molecular weight is 251 g/mol. The highest BCUT2D eigenvalue weighted by Crippen LogP contribution is 2.25. The molecule has 0 aliphatic rings. The average Bonchev–Trinajstić information content (AvgIpc) is 2.29. The zero-order chi connectivity index (χ0) is 13.8. The van der Waals surface area contributed by atoms with Crippen LogP contribution in [0.1, 0.15) is 51.7 Å². The molecule has 0 bridgehead atoms. The third-order valence-corrected chi connectivity index (χ3v) is 2.96. The summed E-state index contributed by atoms with van der Waals surface area (Å²) in [6, 6.07) is 0. The molecule has 1 rings (SSSR count). The summed E-state index contributed by atoms with van der Waals surface area (Å²) in [4.78, 5) is 9.24. The molecule has 0 aromatic carbocycles. The summed E-state index contributed by atoms with van der Waals surface area (Å²) < 4.78 is 5.72. The quantitative estimate of drug-likeness (QED) is 0.844. The van der Waals surface area contributed by atoms with Crippen LogP contribution >= 0.6 is 0 Å². The van der Waals surface area contributed by atoms with Crippen molar-refractivity contribution in [3.8, 4) is 0 Å². The van der Waals surface area contributed by atoms with Crippen molar-refractivity contribution in [3.63, 3.8) is 0 Å². The van der Waals surface area contributed by atoms with Gasteiger partial charge in [-0.05, 0) is 41.0 Å². The SMILES string of the molecule is CCNc1nc(C(C)(C)OCC)nc(C)c1CC. The van der Waals surface area contributed by atoms with Crippen LogP contribution in [0.4, 0.5) is 5.82 Å². The molecule has 0 aliphatic heterocycles. The lowest BCUT2D eigenvalue weighted by Gasteiger charge is -2.25. The molecule has 18 heavy (non-hydrogen) atoms. The van der Waals surface area contributed by atoms with Crippen LogP contribution in [0.25, 0.3) is 0 Å². The van der Waals surface area contributed by atoms with Gasteiger partial charge in [-0.3, -0.25) is 0 Å². The van der Waals surface area contributed by atoms with Crippen LogP contribution < -0.4 is 5.32 Å². The summed E-state index contributed by atoms with van der Waals surface area (Å²) in [5.41, 5.74) is 1.77. The Morgan fingerprint density at radius 2 is 1.83 bits per heavy atom. The fraction of sp³-hybridized carbons (Fsp3) is 0.714. The molecule has 1 heterocycles. The largest absolute Gasteiger partial charge is 0.370 e. The predicted octanol–water partition coefficient (Wildman–Crippen LogP) is 3.05. The maximum absolute atomic E-state index is 5.72. The molecule has 0 saturated heterocycles. The number of aromatic nitrogens is 2. The third kappa shape index (κ3) is 3.19. The van der Waals surface area contributed by atoms with Crippen LogP contribution in [-0.2, 0) is 16.8 Å². The van der Waals surface area contributed by atoms with E-state index < -0.39 is 5.60 Å². The van der Waals surface area contributed by atoms with Crippen molar-refractivity contribution in [3.05, 3.63) is 17.1 Å². The van der Waals surface area contributed by atoms with Gasteiger partial charge in [-0.25, -0.2) is 9.97 Å². The van der Waals surface area contributed by atoms with E-state index in [0.717, 1.165) is 30.3 Å². The second-order valence-corrected chi connectivity index (χ2v) is 4.79. The van der Waals surface area contributed by atoms with Gasteiger partial charge < -0.3 is 10.1 Å². The molecular formula is C14H25N3O. The number of aryl methyl sites for hydroxylation is 1. The van der Waals surface area contributed by atoms with Crippen LogP contribution in [0, 0.1) is 6.92 Å². The highest BCUT2D eigenvalue weighted by Gasteiger charge is 2.26. The fourth-order valence-corrected chi connectivity index (χ4v) is 2.03. The first kappa shape index (κ1) is 14.9. The van der Waals surface area contributed by atoms with Gasteiger partial charge in [-0.1, -0.05) is 6.92 Å². The molecule has 102 valence electrons. The van der Waals surface area contributed by atoms with E-state index in [0.29, 0.717) is 6.61 Å². The normalized spacial score (nSPS) is 11.7. The number of hydrogen-bond donors (Lipinski definition) is 1. The van der Waals surface area contributed by atoms with Gasteiger partial charge in [0, 0.05) is 24.4 Å². The van der Waals surface area contributed by atoms with Crippen molar-refractivity contribution >= 4 is 5.82 Å². The Bertz CT molecular complexity index is 402. The summed E-state index contributed by atoms with van der Waals surface area (Å²) in [6.07, 6.45) is 0.934. The lowest BCUT2D eigenvalue weighted by molar-refractivity contribution is -0.0208. The maximum Gasteiger partial charge on any atom is 0.162 e. The second kappa shape index (κ2) is 6.14. The minimum Gasteiger partial charge on any atom is -0.370 e. The van der Waals surface area contributed by atoms with Gasteiger partial charge in [0.25, 0.3) is 0 Å². The van der Waals surface area contributed by atoms with Gasteiger partial charge in [0.15, 0.2) is 5.82 Å². The van der Waals surface area contributed by atoms with Crippen LogP contribution in [0.3, 0.4) is 0 Å². The Labute approximate surface area is 110 Å². The second-order valence-electron chi connectivity index (χ2n) is 4.79. The first-order chi connectivity index (χ1) is 8.46. The molecule has 0 spiro atoms. The Morgan fingerprint density at radius 1 is 1.17 bits per heavy atom. The number of ether oxygens (including phenoxy) is 1. The molecule has 0 atom stereocenters. The Morgan fingerprint density at radius 3 is 2.33 bits per heavy atom. The lowest BCUT2D eigenvalue weighted by Crippen LogP contribution is -2.26. The molecule has 0 aliphatic carbocycles. The van der Waals surface area contributed by atoms with E-state index >= 15 is 0 Å². The zero-order valence-electron chi connectivity index (χ0n) is 12.4. The Balaban J connectivity index is 3.23. The summed E-state index contributed by atoms with van der Waals surface area (Å²) >= 11 is 0. The van der Waals surface area contributed by atoms with Crippen molar-refractivity contribution in [2.24, 2.45) is 0 Å². The van der Waals surface area contributed by atoms with Gasteiger partial charge >= 0.3 is 0 Å². The lowest BCUT2D eigenvalue weighted by atomic mass is 10.1. The van der Waals surface area contributed by atoms with E-state index in [1.807, 2.05) is 27.7 Å². The van der Waals surface area contributed by atoms with Gasteiger partial charge in [0.05, 0.1) is 0 Å². The molecule has 1 aromatic rings. The van der Waals surface area contributed by atoms with E-state index in [2.05, 4.69) is 29.1 Å². The molecule has 1 aromatic heterocycles. The van der Waals surface area contributed by atoms with Crippen LogP contribution in [0.2, 0.25) is 0 Å². The van der Waals surface area contributed by atoms with Crippen LogP contribution in [0.15, 0.2) is 0 Å². The van der Waals surface area contributed by atoms with Crippen molar-refractivity contribution in [1.82, 2.24) is 9.97 Å². The third-order valence-electron chi connectivity index (χ3n) is 2.96. The number of nitrogens with zero attached hydrogens (tertiary/aromatic N) is 2. The molecule has 0 fully saturated rings. The predicted molar refractivity (Wildman–Crippen MR) is 75.0 cm³/mol. The van der Waals surface area contributed by atoms with Crippen molar-refractivity contribution in [1.29, 1.82) is 0 Å². The zero-order valence-corrected chi connectivity index (χ0v) is 12.4. The van der Waals surface area contributed by atoms with E-state index in [1.165, 1.54) is 5.56 Å². The number of anilines is 1. The topological polar surface area (TPSA) is 47.0 Å². The van der Waals surface area contributed by atoms with E-state index in [-0.39, 0.29) is 0 Å². The summed E-state index contributed by atoms with van der Waals surface area (Å²) in [5.74, 6) is 1.69. The Hall–Kier alpha value is -1.16. The van der Waals surface area contributed by atoms with Crippen LogP contribution in [0.5, 0.6) is 0 Å². The highest BCUT2D eigenvalue weighted by molar-refractivity contribution is 5.46. The smallest absolute Gasteiger partial charge is 0.162 e. The fourth-order valence-electron chi connectivity index (χ4n) is 2.03. The first-order valence-electron chi connectivity index (χ1n) is 6.72. The minimum absolute atomic E-state index is 0.448. The van der Waals surface area contributed by atoms with Gasteiger partial charge in [0.1, 0.15) is 11.4 Å². The summed E-state index contributed by atoms with van der Waals surface area (Å²) in [7, 11) is 0. The first-order valence-corrected chi connectivity index (χ1v) is 6.72. The molecule has 4 heteroatoms. The highest BCUT2D eigenvalue weighted by atomic mass is 16.5. The van der Waals surface area contributed by atoms with Gasteiger partial charge in [-0.2, -0.15) is 0 Å². The molecule has 0 amide bonds. The molecule has 1 N–H and O–H groups in total. The molecule has 4 nitrogen and oxygen atoms in total. The van der Waals surface area contributed by atoms with Crippen LogP contribution in [-0.4, -0.2) is 23.1 Å². The maximum atomic E-state index is 5.72. The standard InChI is InChI=1S/C14H25N3O/c1-7-11-10(4)16-13(14(5,6)18-9-3)17-12(11)15-8-2/h7-9H2,1-6H3,(H,15,16,17). The van der Waals surface area contributed by atoms with Gasteiger partial charge in [0.2, 0.25) is 0 Å². The Kier molecular flexibility index (Phi) is 5.08. The molecule has 0 unspecified atom stereocenters. The summed E-state index contributed by atoms with van der Waals surface area (Å²) in [6.45, 7) is 13.7. The van der Waals surface area contributed by atoms with Crippen molar-refractivity contribution in [2.75, 3.05) is 18.5 Å². The number of rotatable bonds is 6. The van der Waals surface area contributed by atoms with E-state index in [9.17, 15) is 0 Å². The minimum atomic E-state index is -0.448. The monoisotopic (exact) mass is 251 g/mol. The molecular weight excluding hydrogens is 226 g/mol. The van der Waals surface area contributed by atoms with E-state index in [1.54, 1.807) is 0 Å². The van der Waals surface area contributed by atoms with Gasteiger partial charge in [-0.15, -0.1) is 0 Å². The number of nitrogens with one attached hydrogen (secondary N) is 1. The molecule has 0 saturated carbocycles. The number of hydrogen-bond acceptors (Lipinski definition) is 4. The van der Waals surface area contributed by atoms with Crippen molar-refractivity contribution < 1.29 is 4.74 Å². The van der Waals surface area contributed by atoms with Crippen molar-refractivity contribution in [2.45, 2.75) is 53.6 Å².